The first kappa shape index (κ1) is 11.9. The third-order valence-electron chi connectivity index (χ3n) is 3.64. The number of nitrogens with two attached hydrogens (primary N) is 1. The van der Waals surface area contributed by atoms with Crippen LogP contribution in [0.1, 0.15) is 0 Å². The van der Waals surface area contributed by atoms with Crippen molar-refractivity contribution in [2.75, 3.05) is 5.73 Å². The normalized spacial score (nSPS) is 11.3. The highest BCUT2D eigenvalue weighted by atomic mass is 19.1. The number of H-pyrrole nitrogens is 1. The van der Waals surface area contributed by atoms with Crippen LogP contribution in [0.3, 0.4) is 0 Å². The van der Waals surface area contributed by atoms with Gasteiger partial charge in [-0.3, -0.25) is 0 Å². The molecule has 102 valence electrons. The molecule has 0 radical (unpaired) electrons. The third kappa shape index (κ3) is 1.84. The zero-order chi connectivity index (χ0) is 14.4. The first-order valence-electron chi connectivity index (χ1n) is 6.65. The SMILES string of the molecule is Nc1cc2ccccc2cc1-c1nc2c(F)cccc2[nH]1. The van der Waals surface area contributed by atoms with E-state index in [9.17, 15) is 4.39 Å². The van der Waals surface area contributed by atoms with Crippen molar-refractivity contribution >= 4 is 27.5 Å². The molecule has 3 aromatic carbocycles. The van der Waals surface area contributed by atoms with Crippen molar-refractivity contribution in [1.29, 1.82) is 0 Å². The van der Waals surface area contributed by atoms with Crippen LogP contribution in [0.15, 0.2) is 54.6 Å². The number of rotatable bonds is 1. The van der Waals surface area contributed by atoms with Gasteiger partial charge in [-0.1, -0.05) is 30.3 Å². The maximum atomic E-state index is 13.8. The molecule has 0 saturated heterocycles. The van der Waals surface area contributed by atoms with Gasteiger partial charge >= 0.3 is 0 Å². The summed E-state index contributed by atoms with van der Waals surface area (Å²) in [5.41, 5.74) is 8.52. The summed E-state index contributed by atoms with van der Waals surface area (Å²) in [6.45, 7) is 0. The second-order valence-corrected chi connectivity index (χ2v) is 5.01. The third-order valence-corrected chi connectivity index (χ3v) is 3.64. The average Bonchev–Trinajstić information content (AvgIpc) is 2.92. The van der Waals surface area contributed by atoms with Crippen molar-refractivity contribution in [1.82, 2.24) is 9.97 Å². The number of aromatic nitrogens is 2. The standard InChI is InChI=1S/C17H12FN3/c18-13-6-3-7-15-16(13)21-17(20-15)12-8-10-4-1-2-5-11(10)9-14(12)19/h1-9H,19H2,(H,20,21). The van der Waals surface area contributed by atoms with Gasteiger partial charge in [0.25, 0.3) is 0 Å². The van der Waals surface area contributed by atoms with Gasteiger partial charge in [-0.05, 0) is 35.0 Å². The molecule has 3 nitrogen and oxygen atoms in total. The van der Waals surface area contributed by atoms with Crippen LogP contribution in [0.25, 0.3) is 33.2 Å². The summed E-state index contributed by atoms with van der Waals surface area (Å²) in [5.74, 6) is 0.243. The lowest BCUT2D eigenvalue weighted by Gasteiger charge is -2.05. The van der Waals surface area contributed by atoms with Crippen LogP contribution in [0.4, 0.5) is 10.1 Å². The summed E-state index contributed by atoms with van der Waals surface area (Å²) < 4.78 is 13.8. The lowest BCUT2D eigenvalue weighted by molar-refractivity contribution is 0.637. The Labute approximate surface area is 120 Å². The number of nitrogens with zero attached hydrogens (tertiary/aromatic N) is 1. The molecule has 0 unspecified atom stereocenters. The van der Waals surface area contributed by atoms with E-state index >= 15 is 0 Å². The number of benzene rings is 3. The molecule has 0 bridgehead atoms. The van der Waals surface area contributed by atoms with Gasteiger partial charge in [0.15, 0.2) is 5.82 Å². The maximum absolute atomic E-state index is 13.8. The molecule has 0 amide bonds. The van der Waals surface area contributed by atoms with Crippen LogP contribution >= 0.6 is 0 Å². The fourth-order valence-electron chi connectivity index (χ4n) is 2.59. The topological polar surface area (TPSA) is 54.7 Å². The first-order valence-corrected chi connectivity index (χ1v) is 6.65. The van der Waals surface area contributed by atoms with Gasteiger partial charge in [0.2, 0.25) is 0 Å². The van der Waals surface area contributed by atoms with E-state index in [0.29, 0.717) is 22.5 Å². The maximum Gasteiger partial charge on any atom is 0.151 e. The van der Waals surface area contributed by atoms with Crippen molar-refractivity contribution in [3.63, 3.8) is 0 Å². The van der Waals surface area contributed by atoms with Gasteiger partial charge in [0, 0.05) is 11.3 Å². The lowest BCUT2D eigenvalue weighted by Crippen LogP contribution is -1.92. The number of nitrogen functional groups attached to an aromatic ring is 1. The molecule has 0 aliphatic heterocycles. The Balaban J connectivity index is 1.99. The van der Waals surface area contributed by atoms with E-state index in [4.69, 9.17) is 5.73 Å². The van der Waals surface area contributed by atoms with Crippen molar-refractivity contribution < 1.29 is 4.39 Å². The molecule has 1 heterocycles. The Bertz CT molecular complexity index is 972. The van der Waals surface area contributed by atoms with Crippen LogP contribution in [0.2, 0.25) is 0 Å². The molecule has 0 aliphatic rings. The molecule has 1 aromatic heterocycles. The smallest absolute Gasteiger partial charge is 0.151 e. The number of fused-ring (bicyclic) bond motifs is 2. The molecule has 0 saturated carbocycles. The fourth-order valence-corrected chi connectivity index (χ4v) is 2.59. The second kappa shape index (κ2) is 4.31. The van der Waals surface area contributed by atoms with Crippen molar-refractivity contribution in [3.05, 3.63) is 60.4 Å². The molecular formula is C17H12FN3. The molecule has 0 atom stereocenters. The Morgan fingerprint density at radius 1 is 0.952 bits per heavy atom. The number of anilines is 1. The van der Waals surface area contributed by atoms with Gasteiger partial charge < -0.3 is 10.7 Å². The highest BCUT2D eigenvalue weighted by molar-refractivity contribution is 5.93. The predicted molar refractivity (Wildman–Crippen MR) is 83.4 cm³/mol. The predicted octanol–water partition coefficient (Wildman–Crippen LogP) is 4.10. The Hall–Kier alpha value is -2.88. The number of nitrogens with one attached hydrogen (secondary N) is 1. The van der Waals surface area contributed by atoms with Gasteiger partial charge in [0.05, 0.1) is 5.52 Å². The van der Waals surface area contributed by atoms with E-state index in [1.807, 2.05) is 36.4 Å². The van der Waals surface area contributed by atoms with E-state index in [-0.39, 0.29) is 5.82 Å². The average molecular weight is 277 g/mol. The fraction of sp³-hybridized carbons (Fsp3) is 0. The minimum absolute atomic E-state index is 0.333. The summed E-state index contributed by atoms with van der Waals surface area (Å²) in [7, 11) is 0. The number of halogens is 1. The van der Waals surface area contributed by atoms with E-state index in [1.54, 1.807) is 12.1 Å². The summed E-state index contributed by atoms with van der Waals surface area (Å²) in [5, 5.41) is 2.14. The lowest BCUT2D eigenvalue weighted by atomic mass is 10.0. The summed E-state index contributed by atoms with van der Waals surface area (Å²) in [6, 6.07) is 16.7. The molecule has 0 fully saturated rings. The van der Waals surface area contributed by atoms with E-state index in [1.165, 1.54) is 6.07 Å². The molecule has 21 heavy (non-hydrogen) atoms. The Kier molecular flexibility index (Phi) is 2.44. The van der Waals surface area contributed by atoms with Crippen LogP contribution in [-0.4, -0.2) is 9.97 Å². The first-order chi connectivity index (χ1) is 10.2. The number of hydrogen-bond acceptors (Lipinski definition) is 2. The van der Waals surface area contributed by atoms with Crippen LogP contribution in [0, 0.1) is 5.82 Å². The second-order valence-electron chi connectivity index (χ2n) is 5.01. The van der Waals surface area contributed by atoms with Gasteiger partial charge in [-0.15, -0.1) is 0 Å². The zero-order valence-electron chi connectivity index (χ0n) is 11.1. The zero-order valence-corrected chi connectivity index (χ0v) is 11.1. The number of para-hydroxylation sites is 1. The molecule has 0 aliphatic carbocycles. The highest BCUT2D eigenvalue weighted by Crippen LogP contribution is 2.30. The molecule has 4 heteroatoms. The van der Waals surface area contributed by atoms with Gasteiger partial charge in [-0.2, -0.15) is 0 Å². The summed E-state index contributed by atoms with van der Waals surface area (Å²) >= 11 is 0. The largest absolute Gasteiger partial charge is 0.398 e. The number of hydrogen-bond donors (Lipinski definition) is 2. The van der Waals surface area contributed by atoms with Crippen molar-refractivity contribution in [3.8, 4) is 11.4 Å². The minimum Gasteiger partial charge on any atom is -0.398 e. The highest BCUT2D eigenvalue weighted by Gasteiger charge is 2.11. The summed E-state index contributed by atoms with van der Waals surface area (Å²) in [4.78, 5) is 7.47. The Morgan fingerprint density at radius 3 is 2.48 bits per heavy atom. The van der Waals surface area contributed by atoms with E-state index < -0.39 is 0 Å². The Morgan fingerprint density at radius 2 is 1.71 bits per heavy atom. The molecule has 4 rings (SSSR count). The number of aromatic amines is 1. The molecule has 3 N–H and O–H groups in total. The minimum atomic E-state index is -0.339. The van der Waals surface area contributed by atoms with Crippen LogP contribution in [0.5, 0.6) is 0 Å². The number of imidazole rings is 1. The van der Waals surface area contributed by atoms with Crippen molar-refractivity contribution in [2.24, 2.45) is 0 Å². The summed E-state index contributed by atoms with van der Waals surface area (Å²) in [6.07, 6.45) is 0. The van der Waals surface area contributed by atoms with Gasteiger partial charge in [0.1, 0.15) is 11.3 Å². The van der Waals surface area contributed by atoms with Crippen molar-refractivity contribution in [2.45, 2.75) is 0 Å². The van der Waals surface area contributed by atoms with Crippen LogP contribution in [-0.2, 0) is 0 Å². The molecular weight excluding hydrogens is 265 g/mol. The van der Waals surface area contributed by atoms with Crippen LogP contribution < -0.4 is 5.73 Å². The molecule has 4 aromatic rings. The quantitative estimate of drug-likeness (QED) is 0.514. The van der Waals surface area contributed by atoms with Gasteiger partial charge in [-0.25, -0.2) is 9.37 Å². The molecule has 0 spiro atoms. The van der Waals surface area contributed by atoms with E-state index in [0.717, 1.165) is 16.3 Å². The monoisotopic (exact) mass is 277 g/mol. The van der Waals surface area contributed by atoms with E-state index in [2.05, 4.69) is 9.97 Å².